The van der Waals surface area contributed by atoms with Gasteiger partial charge in [-0.25, -0.2) is 0 Å². The summed E-state index contributed by atoms with van der Waals surface area (Å²) in [6.45, 7) is 4.05. The summed E-state index contributed by atoms with van der Waals surface area (Å²) in [5, 5.41) is 9.81. The van der Waals surface area contributed by atoms with E-state index in [0.29, 0.717) is 10.9 Å². The number of carbonyl (C=O) groups excluding carboxylic acids is 1. The van der Waals surface area contributed by atoms with Crippen LogP contribution in [0.1, 0.15) is 11.1 Å². The lowest BCUT2D eigenvalue weighted by Gasteiger charge is -2.11. The summed E-state index contributed by atoms with van der Waals surface area (Å²) in [5.41, 5.74) is 4.96. The number of hydrogen-bond acceptors (Lipinski definition) is 3. The molecule has 0 heterocycles. The minimum Gasteiger partial charge on any atom is -0.332 e. The smallest absolute Gasteiger partial charge is 0.234 e. The van der Waals surface area contributed by atoms with Crippen LogP contribution in [-0.2, 0) is 4.79 Å². The zero-order valence-electron chi connectivity index (χ0n) is 16.4. The number of amides is 1. The Morgan fingerprint density at radius 1 is 0.828 bits per heavy atom. The van der Waals surface area contributed by atoms with Gasteiger partial charge in [0.25, 0.3) is 0 Å². The molecule has 6 heteroatoms. The largest absolute Gasteiger partial charge is 0.332 e. The molecule has 0 saturated carbocycles. The molecule has 3 aromatic carbocycles. The van der Waals surface area contributed by atoms with Gasteiger partial charge in [-0.05, 0) is 79.7 Å². The first-order chi connectivity index (χ1) is 14.0. The summed E-state index contributed by atoms with van der Waals surface area (Å²) in [6.07, 6.45) is 0. The van der Waals surface area contributed by atoms with E-state index in [1.54, 1.807) is 0 Å². The molecule has 3 N–H and O–H groups in total. The molecule has 29 heavy (non-hydrogen) atoms. The van der Waals surface area contributed by atoms with E-state index < -0.39 is 0 Å². The van der Waals surface area contributed by atoms with Crippen molar-refractivity contribution in [2.24, 2.45) is 0 Å². The minimum absolute atomic E-state index is 0.0147. The van der Waals surface area contributed by atoms with Crippen molar-refractivity contribution in [2.75, 3.05) is 21.7 Å². The van der Waals surface area contributed by atoms with Crippen molar-refractivity contribution in [3.05, 3.63) is 83.9 Å². The highest BCUT2D eigenvalue weighted by Crippen LogP contribution is 2.22. The Morgan fingerprint density at radius 2 is 1.48 bits per heavy atom. The Bertz CT molecular complexity index is 989. The molecule has 0 spiro atoms. The quantitative estimate of drug-likeness (QED) is 0.345. The predicted octanol–water partition coefficient (Wildman–Crippen LogP) is 5.84. The molecule has 4 nitrogen and oxygen atoms in total. The van der Waals surface area contributed by atoms with Crippen molar-refractivity contribution in [1.82, 2.24) is 0 Å². The first-order valence-electron chi connectivity index (χ1n) is 9.23. The standard InChI is InChI=1S/C23H23N3OS2/c1-16-7-6-10-21(17(16)2)26-22(27)15-29-20-13-11-19(12-14-20)25-23(28)24-18-8-4-3-5-9-18/h3-14H,15H2,1-2H3,(H,26,27)(H2,24,25,28). The summed E-state index contributed by atoms with van der Waals surface area (Å²) in [7, 11) is 0. The lowest BCUT2D eigenvalue weighted by atomic mass is 10.1. The topological polar surface area (TPSA) is 53.2 Å². The van der Waals surface area contributed by atoms with Crippen LogP contribution in [-0.4, -0.2) is 16.8 Å². The van der Waals surface area contributed by atoms with E-state index >= 15 is 0 Å². The first kappa shape index (κ1) is 20.9. The van der Waals surface area contributed by atoms with Crippen LogP contribution in [0.25, 0.3) is 0 Å². The molecule has 0 unspecified atom stereocenters. The monoisotopic (exact) mass is 421 g/mol. The van der Waals surface area contributed by atoms with E-state index in [-0.39, 0.29) is 5.91 Å². The van der Waals surface area contributed by atoms with Crippen LogP contribution in [0.15, 0.2) is 77.7 Å². The van der Waals surface area contributed by atoms with E-state index in [0.717, 1.165) is 27.5 Å². The number of rotatable bonds is 6. The molecule has 3 aromatic rings. The van der Waals surface area contributed by atoms with Crippen LogP contribution in [0, 0.1) is 13.8 Å². The van der Waals surface area contributed by atoms with Gasteiger partial charge in [-0.2, -0.15) is 0 Å². The zero-order chi connectivity index (χ0) is 20.6. The lowest BCUT2D eigenvalue weighted by Crippen LogP contribution is -2.18. The number of para-hydroxylation sites is 1. The SMILES string of the molecule is Cc1cccc(NC(=O)CSc2ccc(NC(=S)Nc3ccccc3)cc2)c1C. The molecule has 0 aliphatic heterocycles. The van der Waals surface area contributed by atoms with Gasteiger partial charge in [-0.3, -0.25) is 4.79 Å². The fraction of sp³-hybridized carbons (Fsp3) is 0.130. The minimum atomic E-state index is -0.0147. The number of aryl methyl sites for hydroxylation is 1. The van der Waals surface area contributed by atoms with Crippen LogP contribution in [0.4, 0.5) is 17.1 Å². The van der Waals surface area contributed by atoms with Crippen molar-refractivity contribution < 1.29 is 4.79 Å². The summed E-state index contributed by atoms with van der Waals surface area (Å²) < 4.78 is 0. The molecule has 0 aliphatic carbocycles. The van der Waals surface area contributed by atoms with Gasteiger partial charge in [0.05, 0.1) is 5.75 Å². The molecule has 148 valence electrons. The van der Waals surface area contributed by atoms with E-state index in [2.05, 4.69) is 16.0 Å². The Kier molecular flexibility index (Phi) is 7.27. The lowest BCUT2D eigenvalue weighted by molar-refractivity contribution is -0.113. The fourth-order valence-corrected chi connectivity index (χ4v) is 3.61. The van der Waals surface area contributed by atoms with Crippen molar-refractivity contribution in [1.29, 1.82) is 0 Å². The second kappa shape index (κ2) is 10.1. The highest BCUT2D eigenvalue weighted by atomic mass is 32.2. The highest BCUT2D eigenvalue weighted by molar-refractivity contribution is 8.00. The summed E-state index contributed by atoms with van der Waals surface area (Å²) in [6, 6.07) is 23.5. The van der Waals surface area contributed by atoms with E-state index in [9.17, 15) is 4.79 Å². The summed E-state index contributed by atoms with van der Waals surface area (Å²) in [5.74, 6) is 0.341. The number of carbonyl (C=O) groups is 1. The number of thioether (sulfide) groups is 1. The molecule has 3 rings (SSSR count). The number of hydrogen-bond donors (Lipinski definition) is 3. The van der Waals surface area contributed by atoms with Gasteiger partial charge in [0.15, 0.2) is 5.11 Å². The second-order valence-electron chi connectivity index (χ2n) is 6.55. The molecular formula is C23H23N3OS2. The van der Waals surface area contributed by atoms with Crippen molar-refractivity contribution >= 4 is 52.1 Å². The van der Waals surface area contributed by atoms with Crippen LogP contribution in [0.5, 0.6) is 0 Å². The van der Waals surface area contributed by atoms with Crippen LogP contribution >= 0.6 is 24.0 Å². The van der Waals surface area contributed by atoms with Gasteiger partial charge in [-0.1, -0.05) is 30.3 Å². The number of anilines is 3. The predicted molar refractivity (Wildman–Crippen MR) is 128 cm³/mol. The van der Waals surface area contributed by atoms with Crippen molar-refractivity contribution in [3.63, 3.8) is 0 Å². The van der Waals surface area contributed by atoms with Crippen LogP contribution in [0.3, 0.4) is 0 Å². The maximum absolute atomic E-state index is 12.3. The summed E-state index contributed by atoms with van der Waals surface area (Å²) >= 11 is 6.84. The maximum Gasteiger partial charge on any atom is 0.234 e. The molecule has 0 aromatic heterocycles. The van der Waals surface area contributed by atoms with E-state index in [1.165, 1.54) is 17.3 Å². The maximum atomic E-state index is 12.3. The van der Waals surface area contributed by atoms with Gasteiger partial charge in [0.1, 0.15) is 0 Å². The Balaban J connectivity index is 1.48. The van der Waals surface area contributed by atoms with Gasteiger partial charge in [0, 0.05) is 22.0 Å². The average molecular weight is 422 g/mol. The Labute approximate surface area is 181 Å². The fourth-order valence-electron chi connectivity index (χ4n) is 2.67. The highest BCUT2D eigenvalue weighted by Gasteiger charge is 2.07. The number of benzene rings is 3. The molecule has 0 aliphatic rings. The average Bonchev–Trinajstić information content (AvgIpc) is 2.71. The number of nitrogens with one attached hydrogen (secondary N) is 3. The Morgan fingerprint density at radius 3 is 2.17 bits per heavy atom. The third-order valence-corrected chi connectivity index (χ3v) is 5.61. The molecular weight excluding hydrogens is 398 g/mol. The van der Waals surface area contributed by atoms with Crippen molar-refractivity contribution in [2.45, 2.75) is 18.7 Å². The molecule has 0 fully saturated rings. The van der Waals surface area contributed by atoms with Gasteiger partial charge < -0.3 is 16.0 Å². The van der Waals surface area contributed by atoms with Gasteiger partial charge >= 0.3 is 0 Å². The Hall–Kier alpha value is -2.83. The van der Waals surface area contributed by atoms with Gasteiger partial charge in [-0.15, -0.1) is 11.8 Å². The normalized spacial score (nSPS) is 10.3. The van der Waals surface area contributed by atoms with E-state index in [1.807, 2.05) is 86.6 Å². The summed E-state index contributed by atoms with van der Waals surface area (Å²) in [4.78, 5) is 13.3. The molecule has 0 bridgehead atoms. The molecule has 0 saturated heterocycles. The van der Waals surface area contributed by atoms with E-state index in [4.69, 9.17) is 12.2 Å². The number of thiocarbonyl (C=S) groups is 1. The molecule has 1 amide bonds. The van der Waals surface area contributed by atoms with Crippen LogP contribution in [0.2, 0.25) is 0 Å². The molecule has 0 radical (unpaired) electrons. The van der Waals surface area contributed by atoms with Crippen molar-refractivity contribution in [3.8, 4) is 0 Å². The molecule has 0 atom stereocenters. The third kappa shape index (κ3) is 6.34. The van der Waals surface area contributed by atoms with Gasteiger partial charge in [0.2, 0.25) is 5.91 Å². The second-order valence-corrected chi connectivity index (χ2v) is 8.01. The first-order valence-corrected chi connectivity index (χ1v) is 10.6. The van der Waals surface area contributed by atoms with Crippen LogP contribution < -0.4 is 16.0 Å². The zero-order valence-corrected chi connectivity index (χ0v) is 18.0. The third-order valence-electron chi connectivity index (χ3n) is 4.39.